The van der Waals surface area contributed by atoms with E-state index >= 15 is 0 Å². The maximum absolute atomic E-state index is 13.4. The van der Waals surface area contributed by atoms with E-state index in [0.29, 0.717) is 11.5 Å². The van der Waals surface area contributed by atoms with Crippen LogP contribution in [0, 0.1) is 11.8 Å². The van der Waals surface area contributed by atoms with Gasteiger partial charge >= 0.3 is 12.3 Å². The number of allylic oxidation sites excluding steroid dienone is 1. The average molecular weight is 485 g/mol. The third kappa shape index (κ3) is 7.28. The first-order valence-corrected chi connectivity index (χ1v) is 11.7. The van der Waals surface area contributed by atoms with E-state index in [2.05, 4.69) is 23.8 Å². The summed E-state index contributed by atoms with van der Waals surface area (Å²) in [5.41, 5.74) is 2.53. The Balaban J connectivity index is 1.55. The molecule has 7 heteroatoms. The molecule has 2 aromatic rings. The van der Waals surface area contributed by atoms with E-state index in [-0.39, 0.29) is 0 Å². The summed E-state index contributed by atoms with van der Waals surface area (Å²) >= 11 is 0. The van der Waals surface area contributed by atoms with Crippen molar-refractivity contribution in [2.45, 2.75) is 70.3 Å². The highest BCUT2D eigenvalue weighted by Gasteiger charge is 2.59. The van der Waals surface area contributed by atoms with Crippen molar-refractivity contribution >= 4 is 6.08 Å². The molecule has 186 valence electrons. The molecule has 1 aliphatic carbocycles. The van der Waals surface area contributed by atoms with Crippen LogP contribution in [0.15, 0.2) is 54.6 Å². The summed E-state index contributed by atoms with van der Waals surface area (Å²) in [7, 11) is 0. The first-order valence-electron chi connectivity index (χ1n) is 11.7. The third-order valence-electron chi connectivity index (χ3n) is 6.35. The van der Waals surface area contributed by atoms with Gasteiger partial charge in [0.15, 0.2) is 0 Å². The van der Waals surface area contributed by atoms with Gasteiger partial charge in [-0.2, -0.15) is 22.0 Å². The summed E-state index contributed by atoms with van der Waals surface area (Å²) in [5.74, 6) is 0.920. The molecule has 3 rings (SSSR count). The fraction of sp³-hybridized carbons (Fsp3) is 0.481. The number of alkyl halides is 6. The van der Waals surface area contributed by atoms with Crippen LogP contribution in [0.5, 0.6) is 5.75 Å². The van der Waals surface area contributed by atoms with Crippen LogP contribution in [0.1, 0.15) is 57.4 Å². The second-order valence-corrected chi connectivity index (χ2v) is 9.00. The zero-order chi connectivity index (χ0) is 24.8. The molecule has 1 aliphatic rings. The van der Waals surface area contributed by atoms with Crippen molar-refractivity contribution in [3.05, 3.63) is 60.2 Å². The van der Waals surface area contributed by atoms with Crippen LogP contribution in [0.3, 0.4) is 0 Å². The summed E-state index contributed by atoms with van der Waals surface area (Å²) in [6.07, 6.45) is -1.79. The summed E-state index contributed by atoms with van der Waals surface area (Å²) in [6, 6.07) is 12.7. The SMILES string of the molecule is CCCCC1CCC(C=Cc2ccc(-c3ccc(OC(F)(F)C(F)C(F)(F)F)cc3)cc2)CC1. The molecule has 0 heterocycles. The molecular formula is C27H30F6O. The van der Waals surface area contributed by atoms with Gasteiger partial charge in [-0.3, -0.25) is 0 Å². The van der Waals surface area contributed by atoms with Gasteiger partial charge in [-0.25, -0.2) is 4.39 Å². The zero-order valence-electron chi connectivity index (χ0n) is 19.1. The summed E-state index contributed by atoms with van der Waals surface area (Å²) < 4.78 is 80.5. The van der Waals surface area contributed by atoms with Crippen LogP contribution >= 0.6 is 0 Å². The Hall–Kier alpha value is -2.44. The molecule has 1 nitrogen and oxygen atoms in total. The molecule has 0 saturated heterocycles. The van der Waals surface area contributed by atoms with Crippen LogP contribution in [-0.2, 0) is 0 Å². The molecule has 1 saturated carbocycles. The standard InChI is InChI=1S/C27H30F6O/c1-2-3-4-19-5-7-20(8-6-19)9-10-21-11-13-22(14-12-21)23-15-17-24(18-16-23)34-27(32,33)25(28)26(29,30)31/h9-20,25H,2-8H2,1H3. The highest BCUT2D eigenvalue weighted by atomic mass is 19.4. The number of rotatable bonds is 9. The highest BCUT2D eigenvalue weighted by molar-refractivity contribution is 5.66. The number of benzene rings is 2. The molecule has 0 spiro atoms. The highest BCUT2D eigenvalue weighted by Crippen LogP contribution is 2.37. The lowest BCUT2D eigenvalue weighted by molar-refractivity contribution is -0.304. The van der Waals surface area contributed by atoms with E-state index in [1.165, 1.54) is 57.1 Å². The smallest absolute Gasteiger partial charge is 0.430 e. The summed E-state index contributed by atoms with van der Waals surface area (Å²) in [6.45, 7) is 2.23. The van der Waals surface area contributed by atoms with Gasteiger partial charge in [-0.15, -0.1) is 0 Å². The van der Waals surface area contributed by atoms with Crippen molar-refractivity contribution in [3.63, 3.8) is 0 Å². The normalized spacial score (nSPS) is 20.4. The number of hydrogen-bond acceptors (Lipinski definition) is 1. The van der Waals surface area contributed by atoms with E-state index in [0.717, 1.165) is 29.2 Å². The Bertz CT molecular complexity index is 910. The van der Waals surface area contributed by atoms with E-state index in [1.807, 2.05) is 24.3 Å². The summed E-state index contributed by atoms with van der Waals surface area (Å²) in [5, 5.41) is 0. The minimum Gasteiger partial charge on any atom is -0.430 e. The molecule has 0 radical (unpaired) electrons. The molecule has 0 bridgehead atoms. The van der Waals surface area contributed by atoms with Crippen molar-refractivity contribution in [3.8, 4) is 16.9 Å². The summed E-state index contributed by atoms with van der Waals surface area (Å²) in [4.78, 5) is 0. The number of hydrogen-bond donors (Lipinski definition) is 0. The molecular weight excluding hydrogens is 454 g/mol. The van der Waals surface area contributed by atoms with Crippen molar-refractivity contribution < 1.29 is 31.1 Å². The van der Waals surface area contributed by atoms with Crippen LogP contribution in [0.4, 0.5) is 26.3 Å². The Kier molecular flexibility index (Phi) is 8.72. The van der Waals surface area contributed by atoms with E-state index in [4.69, 9.17) is 0 Å². The van der Waals surface area contributed by atoms with Crippen molar-refractivity contribution in [1.29, 1.82) is 0 Å². The molecule has 34 heavy (non-hydrogen) atoms. The monoisotopic (exact) mass is 484 g/mol. The van der Waals surface area contributed by atoms with E-state index in [1.54, 1.807) is 0 Å². The van der Waals surface area contributed by atoms with Gasteiger partial charge in [-0.05, 0) is 66.3 Å². The van der Waals surface area contributed by atoms with Gasteiger partial charge in [0.2, 0.25) is 0 Å². The van der Waals surface area contributed by atoms with Gasteiger partial charge in [0.25, 0.3) is 6.17 Å². The van der Waals surface area contributed by atoms with E-state index < -0.39 is 24.2 Å². The van der Waals surface area contributed by atoms with Crippen molar-refractivity contribution in [1.82, 2.24) is 0 Å². The first kappa shape index (κ1) is 26.2. The van der Waals surface area contributed by atoms with Gasteiger partial charge in [0, 0.05) is 0 Å². The van der Waals surface area contributed by atoms with Crippen molar-refractivity contribution in [2.75, 3.05) is 0 Å². The molecule has 0 aliphatic heterocycles. The Morgan fingerprint density at radius 1 is 0.882 bits per heavy atom. The van der Waals surface area contributed by atoms with Crippen molar-refractivity contribution in [2.24, 2.45) is 11.8 Å². The number of halogens is 6. The average Bonchev–Trinajstić information content (AvgIpc) is 2.81. The second-order valence-electron chi connectivity index (χ2n) is 9.00. The zero-order valence-corrected chi connectivity index (χ0v) is 19.1. The number of unbranched alkanes of at least 4 members (excludes halogenated alkanes) is 1. The van der Waals surface area contributed by atoms with Crippen LogP contribution in [-0.4, -0.2) is 18.5 Å². The van der Waals surface area contributed by atoms with Crippen LogP contribution in [0.25, 0.3) is 17.2 Å². The fourth-order valence-electron chi connectivity index (χ4n) is 4.31. The van der Waals surface area contributed by atoms with Gasteiger partial charge in [0.05, 0.1) is 0 Å². The molecule has 2 aromatic carbocycles. The van der Waals surface area contributed by atoms with E-state index in [9.17, 15) is 26.3 Å². The lowest BCUT2D eigenvalue weighted by atomic mass is 9.79. The van der Waals surface area contributed by atoms with Gasteiger partial charge < -0.3 is 4.74 Å². The molecule has 1 fully saturated rings. The lowest BCUT2D eigenvalue weighted by Crippen LogP contribution is -2.45. The fourth-order valence-corrected chi connectivity index (χ4v) is 4.31. The Morgan fingerprint density at radius 2 is 1.44 bits per heavy atom. The largest absolute Gasteiger partial charge is 0.439 e. The maximum Gasteiger partial charge on any atom is 0.439 e. The van der Waals surface area contributed by atoms with Crippen LogP contribution < -0.4 is 4.74 Å². The Morgan fingerprint density at radius 3 is 1.97 bits per heavy atom. The maximum atomic E-state index is 13.4. The van der Waals surface area contributed by atoms with Gasteiger partial charge in [0.1, 0.15) is 5.75 Å². The van der Waals surface area contributed by atoms with Crippen LogP contribution in [0.2, 0.25) is 0 Å². The minimum absolute atomic E-state index is 0.551. The number of ether oxygens (including phenoxy) is 1. The molecule has 0 aromatic heterocycles. The topological polar surface area (TPSA) is 9.23 Å². The molecule has 1 unspecified atom stereocenters. The quantitative estimate of drug-likeness (QED) is 0.322. The third-order valence-corrected chi connectivity index (χ3v) is 6.35. The molecule has 0 N–H and O–H groups in total. The first-order chi connectivity index (χ1) is 16.1. The lowest BCUT2D eigenvalue weighted by Gasteiger charge is -2.26. The van der Waals surface area contributed by atoms with Gasteiger partial charge in [-0.1, -0.05) is 74.7 Å². The molecule has 1 atom stereocenters. The molecule has 0 amide bonds. The Labute approximate surface area is 196 Å². The predicted molar refractivity (Wildman–Crippen MR) is 122 cm³/mol. The second kappa shape index (κ2) is 11.3. The minimum atomic E-state index is -5.71. The predicted octanol–water partition coefficient (Wildman–Crippen LogP) is 9.24.